The lowest BCUT2D eigenvalue weighted by atomic mass is 10.0. The second-order valence-corrected chi connectivity index (χ2v) is 10.3. The lowest BCUT2D eigenvalue weighted by Gasteiger charge is -2.09. The Hall–Kier alpha value is -5.22. The zero-order valence-electron chi connectivity index (χ0n) is 22.3. The van der Waals surface area contributed by atoms with Gasteiger partial charge in [0.05, 0.1) is 11.0 Å². The Morgan fingerprint density at radius 3 is 1.23 bits per heavy atom. The van der Waals surface area contributed by atoms with Gasteiger partial charge < -0.3 is 9.13 Å². The van der Waals surface area contributed by atoms with Crippen LogP contribution in [0.25, 0.3) is 64.9 Å². The summed E-state index contributed by atoms with van der Waals surface area (Å²) in [5.41, 5.74) is 1.38. The Morgan fingerprint density at radius 1 is 0.400 bits per heavy atom. The number of aryl methyl sites for hydroxylation is 2. The van der Waals surface area contributed by atoms with Gasteiger partial charge in [0.2, 0.25) is 0 Å². The van der Waals surface area contributed by atoms with E-state index in [2.05, 4.69) is 24.3 Å². The van der Waals surface area contributed by atoms with E-state index in [-0.39, 0.29) is 11.1 Å². The Kier molecular flexibility index (Phi) is 5.49. The zero-order valence-corrected chi connectivity index (χ0v) is 22.3. The van der Waals surface area contributed by atoms with Crippen LogP contribution < -0.4 is 11.1 Å². The molecule has 6 aromatic carbocycles. The maximum atomic E-state index is 14.1. The second-order valence-electron chi connectivity index (χ2n) is 10.3. The van der Waals surface area contributed by atoms with Crippen LogP contribution in [0.5, 0.6) is 0 Å². The third-order valence-corrected chi connectivity index (χ3v) is 7.94. The van der Waals surface area contributed by atoms with E-state index < -0.39 is 0 Å². The fourth-order valence-electron chi connectivity index (χ4n) is 5.91. The molecule has 0 aliphatic rings. The van der Waals surface area contributed by atoms with Gasteiger partial charge in [-0.05, 0) is 68.7 Å². The van der Waals surface area contributed by atoms with Crippen LogP contribution in [0.1, 0.15) is 0 Å². The maximum Gasteiger partial charge on any atom is 0.258 e. The Labute approximate surface area is 229 Å². The van der Waals surface area contributed by atoms with E-state index in [9.17, 15) is 9.59 Å². The minimum atomic E-state index is -0.0992. The molecule has 4 heteroatoms. The molecule has 0 aliphatic carbocycles. The molecule has 0 radical (unpaired) electrons. The van der Waals surface area contributed by atoms with Crippen molar-refractivity contribution in [2.24, 2.45) is 14.1 Å². The van der Waals surface area contributed by atoms with Crippen molar-refractivity contribution in [2.45, 2.75) is 0 Å². The molecular weight excluding hydrogens is 492 g/mol. The average Bonchev–Trinajstić information content (AvgIpc) is 3.02. The minimum Gasteiger partial charge on any atom is -0.311 e. The van der Waals surface area contributed by atoms with E-state index in [0.717, 1.165) is 54.1 Å². The monoisotopic (exact) mass is 518 g/mol. The quantitative estimate of drug-likeness (QED) is 0.207. The summed E-state index contributed by atoms with van der Waals surface area (Å²) in [5, 5.41) is 8.96. The molecular formula is C36H26N2O2. The topological polar surface area (TPSA) is 44.0 Å². The lowest BCUT2D eigenvalue weighted by molar-refractivity contribution is 0.920. The van der Waals surface area contributed by atoms with Crippen LogP contribution in [0.2, 0.25) is 0 Å². The van der Waals surface area contributed by atoms with E-state index in [4.69, 9.17) is 0 Å². The molecule has 0 fully saturated rings. The molecule has 40 heavy (non-hydrogen) atoms. The highest BCUT2D eigenvalue weighted by molar-refractivity contribution is 6.16. The first-order valence-corrected chi connectivity index (χ1v) is 13.3. The standard InChI is InChI=1S/C36H26N2O2/c1-37-31-19-17-23-9-3-5-15-29(23)33(31)25-11-8-14-28(22-25)36(40)38(2)32-20-18-24-10-4-6-16-30(24)34(32)26-12-7-13-27(21-26)35(37)39/h3-22H,1-2H3. The fourth-order valence-corrected chi connectivity index (χ4v) is 5.91. The van der Waals surface area contributed by atoms with Crippen LogP contribution in [0.3, 0.4) is 0 Å². The summed E-state index contributed by atoms with van der Waals surface area (Å²) in [6, 6.07) is 39.8. The van der Waals surface area contributed by atoms with Crippen LogP contribution in [0.15, 0.2) is 131 Å². The Morgan fingerprint density at radius 2 is 0.775 bits per heavy atom. The number of aromatic nitrogens is 2. The molecule has 192 valence electrons. The fraction of sp³-hybridized carbons (Fsp3) is 0.0556. The van der Waals surface area contributed by atoms with E-state index in [0.29, 0.717) is 10.8 Å². The summed E-state index contributed by atoms with van der Waals surface area (Å²) in [7, 11) is 3.64. The van der Waals surface area contributed by atoms with E-state index >= 15 is 0 Å². The zero-order chi connectivity index (χ0) is 27.4. The molecule has 1 aromatic heterocycles. The molecule has 4 nitrogen and oxygen atoms in total. The normalized spacial score (nSPS) is 11.4. The molecule has 7 aromatic rings. The molecule has 0 amide bonds. The van der Waals surface area contributed by atoms with Crippen molar-refractivity contribution >= 4 is 64.9 Å². The van der Waals surface area contributed by atoms with Crippen molar-refractivity contribution in [3.63, 3.8) is 0 Å². The van der Waals surface area contributed by atoms with Gasteiger partial charge in [-0.25, -0.2) is 0 Å². The maximum absolute atomic E-state index is 14.1. The van der Waals surface area contributed by atoms with Crippen molar-refractivity contribution in [2.75, 3.05) is 0 Å². The van der Waals surface area contributed by atoms with Gasteiger partial charge in [0, 0.05) is 35.6 Å². The van der Waals surface area contributed by atoms with Crippen molar-refractivity contribution in [3.8, 4) is 0 Å². The Balaban J connectivity index is 1.86. The van der Waals surface area contributed by atoms with Gasteiger partial charge in [-0.2, -0.15) is 0 Å². The van der Waals surface area contributed by atoms with Crippen LogP contribution in [-0.2, 0) is 14.1 Å². The molecule has 7 rings (SSSR count). The largest absolute Gasteiger partial charge is 0.311 e. The first-order valence-electron chi connectivity index (χ1n) is 13.3. The number of nitrogens with zero attached hydrogens (tertiary/aromatic N) is 2. The summed E-state index contributed by atoms with van der Waals surface area (Å²) in [6.07, 6.45) is 0. The highest BCUT2D eigenvalue weighted by Crippen LogP contribution is 2.29. The van der Waals surface area contributed by atoms with Crippen LogP contribution >= 0.6 is 0 Å². The summed E-state index contributed by atoms with van der Waals surface area (Å²) >= 11 is 0. The van der Waals surface area contributed by atoms with E-state index in [1.165, 1.54) is 0 Å². The van der Waals surface area contributed by atoms with Crippen molar-refractivity contribution in [1.29, 1.82) is 0 Å². The molecule has 0 saturated carbocycles. The highest BCUT2D eigenvalue weighted by atomic mass is 16.1. The molecule has 0 atom stereocenters. The van der Waals surface area contributed by atoms with E-state index in [1.54, 1.807) is 9.13 Å². The van der Waals surface area contributed by atoms with Gasteiger partial charge in [0.15, 0.2) is 0 Å². The second kappa shape index (κ2) is 9.21. The van der Waals surface area contributed by atoms with Gasteiger partial charge in [0.25, 0.3) is 11.1 Å². The summed E-state index contributed by atoms with van der Waals surface area (Å²) < 4.78 is 3.44. The number of benzene rings is 6. The van der Waals surface area contributed by atoms with Gasteiger partial charge in [-0.15, -0.1) is 0 Å². The molecule has 0 aliphatic heterocycles. The van der Waals surface area contributed by atoms with Crippen molar-refractivity contribution < 1.29 is 0 Å². The van der Waals surface area contributed by atoms with Crippen LogP contribution in [0, 0.1) is 0 Å². The van der Waals surface area contributed by atoms with Crippen molar-refractivity contribution in [1.82, 2.24) is 9.13 Å². The summed E-state index contributed by atoms with van der Waals surface area (Å²) in [4.78, 5) is 28.1. The summed E-state index contributed by atoms with van der Waals surface area (Å²) in [6.45, 7) is 0. The Bertz CT molecular complexity index is 2230. The SMILES string of the molecule is Cn1c(=O)c2cccc(c2)c2c3ccccc3ccc2n(C)c(=O)c2cccc(c2)c2c3ccccc3ccc21. The molecule has 0 unspecified atom stereocenters. The van der Waals surface area contributed by atoms with Gasteiger partial charge in [-0.1, -0.05) is 84.9 Å². The number of fused-ring (bicyclic) bond motifs is 12. The molecule has 0 spiro atoms. The van der Waals surface area contributed by atoms with Crippen LogP contribution in [0.4, 0.5) is 0 Å². The number of hydrogen-bond donors (Lipinski definition) is 0. The predicted molar refractivity (Wildman–Crippen MR) is 168 cm³/mol. The van der Waals surface area contributed by atoms with Gasteiger partial charge in [0.1, 0.15) is 0 Å². The molecule has 0 N–H and O–H groups in total. The summed E-state index contributed by atoms with van der Waals surface area (Å²) in [5.74, 6) is 0. The molecule has 0 saturated heterocycles. The van der Waals surface area contributed by atoms with Crippen LogP contribution in [-0.4, -0.2) is 9.13 Å². The minimum absolute atomic E-state index is 0.0992. The predicted octanol–water partition coefficient (Wildman–Crippen LogP) is 7.69. The number of rotatable bonds is 0. The molecule has 1 heterocycles. The molecule has 4 bridgehead atoms. The first-order chi connectivity index (χ1) is 19.5. The van der Waals surface area contributed by atoms with Gasteiger partial charge in [-0.3, -0.25) is 9.59 Å². The highest BCUT2D eigenvalue weighted by Gasteiger charge is 2.08. The third kappa shape index (κ3) is 3.69. The van der Waals surface area contributed by atoms with Crippen molar-refractivity contribution in [3.05, 3.63) is 142 Å². The third-order valence-electron chi connectivity index (χ3n) is 7.94. The van der Waals surface area contributed by atoms with E-state index in [1.807, 2.05) is 111 Å². The number of hydrogen-bond acceptors (Lipinski definition) is 2. The lowest BCUT2D eigenvalue weighted by Crippen LogP contribution is -2.15. The smallest absolute Gasteiger partial charge is 0.258 e. The van der Waals surface area contributed by atoms with Gasteiger partial charge >= 0.3 is 0 Å². The first kappa shape index (κ1) is 23.9. The average molecular weight is 519 g/mol.